The molecule has 1 heterocycles. The molecule has 1 aromatic heterocycles. The second-order valence-corrected chi connectivity index (χ2v) is 4.89. The minimum Gasteiger partial charge on any atom is -0.383 e. The quantitative estimate of drug-likeness (QED) is 0.704. The van der Waals surface area contributed by atoms with E-state index in [0.29, 0.717) is 0 Å². The van der Waals surface area contributed by atoms with E-state index in [1.807, 2.05) is 17.5 Å². The molecule has 17 heavy (non-hydrogen) atoms. The lowest BCUT2D eigenvalue weighted by molar-refractivity contribution is -0.125. The molecule has 0 radical (unpaired) electrons. The van der Waals surface area contributed by atoms with Gasteiger partial charge in [-0.1, -0.05) is 6.07 Å². The fourth-order valence-corrected chi connectivity index (χ4v) is 2.00. The van der Waals surface area contributed by atoms with E-state index in [4.69, 9.17) is 0 Å². The largest absolute Gasteiger partial charge is 0.383 e. The van der Waals surface area contributed by atoms with Crippen LogP contribution in [0, 0.1) is 0 Å². The number of thiophene rings is 1. The lowest BCUT2D eigenvalue weighted by Gasteiger charge is -2.22. The Kier molecular flexibility index (Phi) is 4.65. The van der Waals surface area contributed by atoms with E-state index in [1.54, 1.807) is 6.92 Å². The Hall–Kier alpha value is -1.40. The zero-order chi connectivity index (χ0) is 12.9. The van der Waals surface area contributed by atoms with Gasteiger partial charge in [0.2, 0.25) is 11.8 Å². The number of amides is 2. The second kappa shape index (κ2) is 5.79. The molecule has 0 bridgehead atoms. The molecule has 1 atom stereocenters. The van der Waals surface area contributed by atoms with Crippen molar-refractivity contribution in [2.45, 2.75) is 19.4 Å². The summed E-state index contributed by atoms with van der Waals surface area (Å²) in [7, 11) is 0. The van der Waals surface area contributed by atoms with Crippen molar-refractivity contribution >= 4 is 23.2 Å². The molecule has 0 fully saturated rings. The summed E-state index contributed by atoms with van der Waals surface area (Å²) in [6.45, 7) is 3.02. The highest BCUT2D eigenvalue weighted by Gasteiger charge is 2.24. The van der Waals surface area contributed by atoms with E-state index < -0.39 is 5.60 Å². The van der Waals surface area contributed by atoms with Crippen LogP contribution in [0.4, 0.5) is 0 Å². The van der Waals surface area contributed by atoms with Gasteiger partial charge in [0.1, 0.15) is 5.60 Å². The number of hydrogen-bond donors (Lipinski definition) is 3. The fraction of sp³-hybridized carbons (Fsp3) is 0.455. The van der Waals surface area contributed by atoms with Crippen LogP contribution in [-0.2, 0) is 15.2 Å². The predicted octanol–water partition coefficient (Wildman–Crippen LogP) is 0.208. The number of hydrogen-bond acceptors (Lipinski definition) is 4. The summed E-state index contributed by atoms with van der Waals surface area (Å²) in [5.74, 6) is -0.581. The topological polar surface area (TPSA) is 78.4 Å². The summed E-state index contributed by atoms with van der Waals surface area (Å²) in [5, 5.41) is 16.9. The van der Waals surface area contributed by atoms with Gasteiger partial charge in [0.05, 0.1) is 13.1 Å². The standard InChI is InChI=1S/C11H16N2O3S/c1-8(14)12-6-10(15)13-7-11(2,16)9-4-3-5-17-9/h3-5,16H,6-7H2,1-2H3,(H,12,14)(H,13,15). The van der Waals surface area contributed by atoms with Crippen molar-refractivity contribution in [3.63, 3.8) is 0 Å². The van der Waals surface area contributed by atoms with E-state index in [9.17, 15) is 14.7 Å². The maximum absolute atomic E-state index is 11.3. The smallest absolute Gasteiger partial charge is 0.239 e. The van der Waals surface area contributed by atoms with Crippen LogP contribution < -0.4 is 10.6 Å². The Morgan fingerprint density at radius 2 is 2.18 bits per heavy atom. The first kappa shape index (κ1) is 13.7. The third-order valence-corrected chi connectivity index (χ3v) is 3.30. The summed E-state index contributed by atoms with van der Waals surface area (Å²) in [6.07, 6.45) is 0. The van der Waals surface area contributed by atoms with Crippen LogP contribution in [-0.4, -0.2) is 30.0 Å². The number of nitrogens with one attached hydrogen (secondary N) is 2. The van der Waals surface area contributed by atoms with E-state index in [1.165, 1.54) is 18.3 Å². The Balaban J connectivity index is 2.40. The van der Waals surface area contributed by atoms with Crippen LogP contribution in [0.1, 0.15) is 18.7 Å². The molecular formula is C11H16N2O3S. The third-order valence-electron chi connectivity index (χ3n) is 2.18. The van der Waals surface area contributed by atoms with Gasteiger partial charge >= 0.3 is 0 Å². The first-order valence-electron chi connectivity index (χ1n) is 5.19. The van der Waals surface area contributed by atoms with Crippen molar-refractivity contribution in [1.82, 2.24) is 10.6 Å². The first-order chi connectivity index (χ1) is 7.92. The summed E-state index contributed by atoms with van der Waals surface area (Å²) in [4.78, 5) is 22.7. The summed E-state index contributed by atoms with van der Waals surface area (Å²) in [5.41, 5.74) is -1.08. The number of rotatable bonds is 5. The van der Waals surface area contributed by atoms with Crippen molar-refractivity contribution in [2.24, 2.45) is 0 Å². The maximum atomic E-state index is 11.3. The van der Waals surface area contributed by atoms with Crippen LogP contribution in [0.2, 0.25) is 0 Å². The molecule has 0 aromatic carbocycles. The van der Waals surface area contributed by atoms with E-state index >= 15 is 0 Å². The average Bonchev–Trinajstić information content (AvgIpc) is 2.77. The zero-order valence-electron chi connectivity index (χ0n) is 9.82. The highest BCUT2D eigenvalue weighted by molar-refractivity contribution is 7.10. The lowest BCUT2D eigenvalue weighted by Crippen LogP contribution is -2.42. The highest BCUT2D eigenvalue weighted by Crippen LogP contribution is 2.24. The summed E-state index contributed by atoms with van der Waals surface area (Å²) in [6, 6.07) is 3.65. The van der Waals surface area contributed by atoms with Gasteiger partial charge in [-0.15, -0.1) is 11.3 Å². The van der Waals surface area contributed by atoms with Gasteiger partial charge in [-0.2, -0.15) is 0 Å². The number of carbonyl (C=O) groups excluding carboxylic acids is 2. The second-order valence-electron chi connectivity index (χ2n) is 3.94. The van der Waals surface area contributed by atoms with Crippen LogP contribution in [0.5, 0.6) is 0 Å². The molecular weight excluding hydrogens is 240 g/mol. The molecule has 0 aliphatic rings. The molecule has 3 N–H and O–H groups in total. The first-order valence-corrected chi connectivity index (χ1v) is 6.07. The molecule has 0 aliphatic heterocycles. The number of carbonyl (C=O) groups is 2. The highest BCUT2D eigenvalue weighted by atomic mass is 32.1. The van der Waals surface area contributed by atoms with Crippen molar-refractivity contribution in [1.29, 1.82) is 0 Å². The number of aliphatic hydroxyl groups is 1. The van der Waals surface area contributed by atoms with Crippen LogP contribution in [0.25, 0.3) is 0 Å². The fourth-order valence-electron chi connectivity index (χ4n) is 1.21. The molecule has 0 aliphatic carbocycles. The average molecular weight is 256 g/mol. The third kappa shape index (κ3) is 4.54. The van der Waals surface area contributed by atoms with Gasteiger partial charge in [0, 0.05) is 11.8 Å². The molecule has 0 saturated carbocycles. The van der Waals surface area contributed by atoms with Gasteiger partial charge in [0.25, 0.3) is 0 Å². The molecule has 2 amide bonds. The van der Waals surface area contributed by atoms with Crippen LogP contribution in [0.3, 0.4) is 0 Å². The molecule has 5 nitrogen and oxygen atoms in total. The molecule has 0 saturated heterocycles. The van der Waals surface area contributed by atoms with Crippen molar-refractivity contribution in [3.05, 3.63) is 22.4 Å². The molecule has 94 valence electrons. The Labute approximate surface area is 104 Å². The molecule has 1 unspecified atom stereocenters. The van der Waals surface area contributed by atoms with Gasteiger partial charge in [-0.25, -0.2) is 0 Å². The molecule has 1 aromatic rings. The Morgan fingerprint density at radius 1 is 1.47 bits per heavy atom. The Bertz CT molecular complexity index is 387. The van der Waals surface area contributed by atoms with Gasteiger partial charge in [-0.05, 0) is 18.4 Å². The minimum atomic E-state index is -1.08. The predicted molar refractivity (Wildman–Crippen MR) is 65.6 cm³/mol. The van der Waals surface area contributed by atoms with Gasteiger partial charge in [-0.3, -0.25) is 9.59 Å². The van der Waals surface area contributed by atoms with E-state index in [2.05, 4.69) is 10.6 Å². The summed E-state index contributed by atoms with van der Waals surface area (Å²) < 4.78 is 0. The zero-order valence-corrected chi connectivity index (χ0v) is 10.6. The van der Waals surface area contributed by atoms with E-state index in [-0.39, 0.29) is 24.9 Å². The van der Waals surface area contributed by atoms with Crippen molar-refractivity contribution in [3.8, 4) is 0 Å². The Morgan fingerprint density at radius 3 is 2.71 bits per heavy atom. The van der Waals surface area contributed by atoms with Crippen LogP contribution in [0.15, 0.2) is 17.5 Å². The maximum Gasteiger partial charge on any atom is 0.239 e. The minimum absolute atomic E-state index is 0.0736. The lowest BCUT2D eigenvalue weighted by atomic mass is 10.1. The normalized spacial score (nSPS) is 13.8. The molecule has 6 heteroatoms. The SMILES string of the molecule is CC(=O)NCC(=O)NCC(C)(O)c1cccs1. The summed E-state index contributed by atoms with van der Waals surface area (Å²) >= 11 is 1.43. The monoisotopic (exact) mass is 256 g/mol. The van der Waals surface area contributed by atoms with Gasteiger partial charge in [0.15, 0.2) is 0 Å². The van der Waals surface area contributed by atoms with E-state index in [0.717, 1.165) is 4.88 Å². The van der Waals surface area contributed by atoms with Crippen molar-refractivity contribution < 1.29 is 14.7 Å². The van der Waals surface area contributed by atoms with Gasteiger partial charge < -0.3 is 15.7 Å². The molecule has 0 spiro atoms. The van der Waals surface area contributed by atoms with Crippen LogP contribution >= 0.6 is 11.3 Å². The molecule has 1 rings (SSSR count). The van der Waals surface area contributed by atoms with Crippen molar-refractivity contribution in [2.75, 3.05) is 13.1 Å².